The van der Waals surface area contributed by atoms with E-state index in [9.17, 15) is 4.79 Å². The summed E-state index contributed by atoms with van der Waals surface area (Å²) in [6, 6.07) is 7.63. The summed E-state index contributed by atoms with van der Waals surface area (Å²) >= 11 is 0. The second-order valence-electron chi connectivity index (χ2n) is 5.79. The maximum Gasteiger partial charge on any atom is 0.166 e. The molecule has 0 heterocycles. The summed E-state index contributed by atoms with van der Waals surface area (Å²) in [7, 11) is 0. The predicted molar refractivity (Wildman–Crippen MR) is 77.7 cm³/mol. The predicted octanol–water partition coefficient (Wildman–Crippen LogP) is 4.63. The van der Waals surface area contributed by atoms with Gasteiger partial charge in [-0.15, -0.1) is 0 Å². The molecule has 0 bridgehead atoms. The Hall–Kier alpha value is -1.31. The molecule has 0 N–H and O–H groups in total. The summed E-state index contributed by atoms with van der Waals surface area (Å²) in [5.41, 5.74) is 0.752. The molecule has 0 unspecified atom stereocenters. The number of carbonyl (C=O) groups is 1. The van der Waals surface area contributed by atoms with E-state index in [1.165, 1.54) is 32.1 Å². The van der Waals surface area contributed by atoms with E-state index in [1.807, 2.05) is 38.1 Å². The van der Waals surface area contributed by atoms with E-state index in [0.717, 1.165) is 11.3 Å². The van der Waals surface area contributed by atoms with Crippen molar-refractivity contribution >= 4 is 5.78 Å². The first kappa shape index (κ1) is 14.1. The largest absolute Gasteiger partial charge is 0.490 e. The Balaban J connectivity index is 2.05. The fourth-order valence-corrected chi connectivity index (χ4v) is 2.82. The molecule has 1 saturated carbocycles. The highest BCUT2D eigenvalue weighted by Crippen LogP contribution is 2.29. The van der Waals surface area contributed by atoms with E-state index < -0.39 is 0 Å². The molecular formula is C17H24O2. The molecule has 0 aliphatic heterocycles. The van der Waals surface area contributed by atoms with Crippen LogP contribution in [0.4, 0.5) is 0 Å². The van der Waals surface area contributed by atoms with Gasteiger partial charge in [-0.2, -0.15) is 0 Å². The Morgan fingerprint density at radius 1 is 1.21 bits per heavy atom. The van der Waals surface area contributed by atoms with Crippen LogP contribution in [0.2, 0.25) is 0 Å². The topological polar surface area (TPSA) is 26.3 Å². The number of Topliss-reactive ketones (excluding diaryl/α,β-unsaturated/α-hetero) is 1. The van der Waals surface area contributed by atoms with Crippen molar-refractivity contribution in [3.63, 3.8) is 0 Å². The van der Waals surface area contributed by atoms with Gasteiger partial charge in [-0.3, -0.25) is 4.79 Å². The SMILES string of the molecule is CC(C)Oc1ccccc1C(=O)CC1CCCCC1. The van der Waals surface area contributed by atoms with Gasteiger partial charge in [-0.05, 0) is 31.9 Å². The number of para-hydroxylation sites is 1. The molecule has 0 spiro atoms. The van der Waals surface area contributed by atoms with Gasteiger partial charge >= 0.3 is 0 Å². The first-order valence-corrected chi connectivity index (χ1v) is 7.45. The molecule has 1 fully saturated rings. The van der Waals surface area contributed by atoms with Crippen molar-refractivity contribution in [2.24, 2.45) is 5.92 Å². The molecule has 0 saturated heterocycles. The molecule has 1 aromatic rings. The quantitative estimate of drug-likeness (QED) is 0.722. The minimum Gasteiger partial charge on any atom is -0.490 e. The Labute approximate surface area is 116 Å². The second-order valence-corrected chi connectivity index (χ2v) is 5.79. The van der Waals surface area contributed by atoms with Crippen LogP contribution in [0.25, 0.3) is 0 Å². The Kier molecular flexibility index (Phi) is 5.00. The van der Waals surface area contributed by atoms with Crippen LogP contribution in [-0.4, -0.2) is 11.9 Å². The molecule has 1 aromatic carbocycles. The van der Waals surface area contributed by atoms with Gasteiger partial charge in [-0.25, -0.2) is 0 Å². The molecule has 19 heavy (non-hydrogen) atoms. The van der Waals surface area contributed by atoms with Gasteiger partial charge in [0.05, 0.1) is 11.7 Å². The molecule has 2 rings (SSSR count). The summed E-state index contributed by atoms with van der Waals surface area (Å²) in [6.45, 7) is 3.98. The third-order valence-corrected chi connectivity index (χ3v) is 3.75. The lowest BCUT2D eigenvalue weighted by atomic mass is 9.84. The van der Waals surface area contributed by atoms with Gasteiger partial charge in [0.1, 0.15) is 5.75 Å². The third-order valence-electron chi connectivity index (χ3n) is 3.75. The molecule has 0 aromatic heterocycles. The number of carbonyl (C=O) groups excluding carboxylic acids is 1. The van der Waals surface area contributed by atoms with Crippen LogP contribution in [-0.2, 0) is 0 Å². The number of ketones is 1. The van der Waals surface area contributed by atoms with E-state index in [-0.39, 0.29) is 11.9 Å². The lowest BCUT2D eigenvalue weighted by molar-refractivity contribution is 0.0944. The highest BCUT2D eigenvalue weighted by molar-refractivity contribution is 5.98. The normalized spacial score (nSPS) is 16.6. The van der Waals surface area contributed by atoms with Crippen LogP contribution in [0.1, 0.15) is 62.7 Å². The number of hydrogen-bond donors (Lipinski definition) is 0. The molecule has 2 heteroatoms. The minimum absolute atomic E-state index is 0.101. The van der Waals surface area contributed by atoms with Crippen LogP contribution in [0, 0.1) is 5.92 Å². The average Bonchev–Trinajstić information content (AvgIpc) is 2.39. The molecule has 1 aliphatic rings. The second kappa shape index (κ2) is 6.74. The lowest BCUT2D eigenvalue weighted by Crippen LogP contribution is -2.14. The summed E-state index contributed by atoms with van der Waals surface area (Å²) in [5, 5.41) is 0. The zero-order valence-electron chi connectivity index (χ0n) is 12.0. The van der Waals surface area contributed by atoms with Crippen LogP contribution in [0.3, 0.4) is 0 Å². The van der Waals surface area contributed by atoms with Crippen LogP contribution < -0.4 is 4.74 Å². The van der Waals surface area contributed by atoms with Gasteiger partial charge in [0.25, 0.3) is 0 Å². The third kappa shape index (κ3) is 4.09. The molecule has 2 nitrogen and oxygen atoms in total. The van der Waals surface area contributed by atoms with Gasteiger partial charge in [0.15, 0.2) is 5.78 Å². The highest BCUT2D eigenvalue weighted by atomic mass is 16.5. The summed E-state index contributed by atoms with van der Waals surface area (Å²) in [5.74, 6) is 1.55. The molecule has 0 atom stereocenters. The van der Waals surface area contributed by atoms with Crippen molar-refractivity contribution in [1.82, 2.24) is 0 Å². The minimum atomic E-state index is 0.101. The van der Waals surface area contributed by atoms with Crippen molar-refractivity contribution in [2.75, 3.05) is 0 Å². The van der Waals surface area contributed by atoms with E-state index in [0.29, 0.717) is 12.3 Å². The lowest BCUT2D eigenvalue weighted by Gasteiger charge is -2.21. The summed E-state index contributed by atoms with van der Waals surface area (Å²) in [4.78, 5) is 12.4. The number of hydrogen-bond acceptors (Lipinski definition) is 2. The molecule has 1 aliphatic carbocycles. The maximum atomic E-state index is 12.4. The van der Waals surface area contributed by atoms with Gasteiger partial charge in [0, 0.05) is 6.42 Å². The Bertz CT molecular complexity index is 417. The Morgan fingerprint density at radius 2 is 1.89 bits per heavy atom. The monoisotopic (exact) mass is 260 g/mol. The zero-order chi connectivity index (χ0) is 13.7. The maximum absolute atomic E-state index is 12.4. The van der Waals surface area contributed by atoms with Crippen LogP contribution >= 0.6 is 0 Å². The first-order chi connectivity index (χ1) is 9.16. The Morgan fingerprint density at radius 3 is 2.58 bits per heavy atom. The van der Waals surface area contributed by atoms with Crippen molar-refractivity contribution in [1.29, 1.82) is 0 Å². The molecule has 0 radical (unpaired) electrons. The summed E-state index contributed by atoms with van der Waals surface area (Å²) in [6.07, 6.45) is 7.08. The van der Waals surface area contributed by atoms with Gasteiger partial charge in [0.2, 0.25) is 0 Å². The van der Waals surface area contributed by atoms with E-state index in [2.05, 4.69) is 0 Å². The molecular weight excluding hydrogens is 236 g/mol. The fourth-order valence-electron chi connectivity index (χ4n) is 2.82. The van der Waals surface area contributed by atoms with Crippen molar-refractivity contribution in [2.45, 2.75) is 58.5 Å². The number of ether oxygens (including phenoxy) is 1. The van der Waals surface area contributed by atoms with E-state index in [4.69, 9.17) is 4.74 Å². The first-order valence-electron chi connectivity index (χ1n) is 7.45. The molecule has 0 amide bonds. The van der Waals surface area contributed by atoms with Crippen molar-refractivity contribution in [3.8, 4) is 5.75 Å². The fraction of sp³-hybridized carbons (Fsp3) is 0.588. The van der Waals surface area contributed by atoms with Gasteiger partial charge in [-0.1, -0.05) is 44.2 Å². The number of benzene rings is 1. The number of rotatable bonds is 5. The van der Waals surface area contributed by atoms with E-state index >= 15 is 0 Å². The highest BCUT2D eigenvalue weighted by Gasteiger charge is 2.20. The van der Waals surface area contributed by atoms with Crippen molar-refractivity contribution in [3.05, 3.63) is 29.8 Å². The molecule has 104 valence electrons. The average molecular weight is 260 g/mol. The van der Waals surface area contributed by atoms with Crippen molar-refractivity contribution < 1.29 is 9.53 Å². The summed E-state index contributed by atoms with van der Waals surface area (Å²) < 4.78 is 5.73. The smallest absolute Gasteiger partial charge is 0.166 e. The van der Waals surface area contributed by atoms with E-state index in [1.54, 1.807) is 0 Å². The standard InChI is InChI=1S/C17H24O2/c1-13(2)19-17-11-7-6-10-15(17)16(18)12-14-8-4-3-5-9-14/h6-7,10-11,13-14H,3-5,8-9,12H2,1-2H3. The van der Waals surface area contributed by atoms with Crippen LogP contribution in [0.5, 0.6) is 5.75 Å². The zero-order valence-corrected chi connectivity index (χ0v) is 12.0. The van der Waals surface area contributed by atoms with Gasteiger partial charge < -0.3 is 4.74 Å². The van der Waals surface area contributed by atoms with Crippen LogP contribution in [0.15, 0.2) is 24.3 Å².